The number of benzene rings is 1. The fourth-order valence-electron chi connectivity index (χ4n) is 1.33. The molecule has 0 aromatic heterocycles. The Kier molecular flexibility index (Phi) is 4.05. The molecule has 0 fully saturated rings. The SMILES string of the molecule is CCc1ccc(OCC(=O)[O-])c(C(C)=O)c1. The molecule has 0 aliphatic carbocycles. The fraction of sp³-hybridized carbons (Fsp3) is 0.333. The number of rotatable bonds is 5. The minimum absolute atomic E-state index is 0.149. The maximum atomic E-state index is 11.3. The van der Waals surface area contributed by atoms with Gasteiger partial charge in [0, 0.05) is 0 Å². The van der Waals surface area contributed by atoms with E-state index in [1.165, 1.54) is 6.92 Å². The first-order valence-electron chi connectivity index (χ1n) is 5.01. The highest BCUT2D eigenvalue weighted by Gasteiger charge is 2.09. The summed E-state index contributed by atoms with van der Waals surface area (Å²) in [4.78, 5) is 21.6. The molecule has 86 valence electrons. The molecular weight excluding hydrogens is 208 g/mol. The molecule has 1 aromatic rings. The minimum atomic E-state index is -1.31. The van der Waals surface area contributed by atoms with Gasteiger partial charge in [0.15, 0.2) is 5.78 Å². The molecule has 0 amide bonds. The van der Waals surface area contributed by atoms with Gasteiger partial charge in [0.2, 0.25) is 0 Å². The summed E-state index contributed by atoms with van der Waals surface area (Å²) >= 11 is 0. The van der Waals surface area contributed by atoms with Crippen LogP contribution in [0.2, 0.25) is 0 Å². The summed E-state index contributed by atoms with van der Waals surface area (Å²) in [5.41, 5.74) is 1.41. The van der Waals surface area contributed by atoms with Crippen LogP contribution in [0.25, 0.3) is 0 Å². The summed E-state index contributed by atoms with van der Waals surface area (Å²) in [5.74, 6) is -1.17. The van der Waals surface area contributed by atoms with Gasteiger partial charge in [0.05, 0.1) is 11.5 Å². The number of hydrogen-bond acceptors (Lipinski definition) is 4. The van der Waals surface area contributed by atoms with Crippen molar-refractivity contribution >= 4 is 11.8 Å². The molecule has 0 bridgehead atoms. The zero-order valence-corrected chi connectivity index (χ0v) is 9.28. The number of carbonyl (C=O) groups is 2. The molecular formula is C12H13O4-. The number of aryl methyl sites for hydroxylation is 1. The smallest absolute Gasteiger partial charge is 0.163 e. The van der Waals surface area contributed by atoms with Crippen LogP contribution in [0.3, 0.4) is 0 Å². The summed E-state index contributed by atoms with van der Waals surface area (Å²) in [7, 11) is 0. The topological polar surface area (TPSA) is 66.4 Å². The predicted molar refractivity (Wildman–Crippen MR) is 56.3 cm³/mol. The lowest BCUT2D eigenvalue weighted by Gasteiger charge is -2.11. The molecule has 0 N–H and O–H groups in total. The van der Waals surface area contributed by atoms with Crippen LogP contribution in [-0.4, -0.2) is 18.4 Å². The third-order valence-electron chi connectivity index (χ3n) is 2.18. The Morgan fingerprint density at radius 3 is 2.56 bits per heavy atom. The molecule has 0 saturated heterocycles. The molecule has 1 rings (SSSR count). The molecule has 0 radical (unpaired) electrons. The predicted octanol–water partition coefficient (Wildman–Crippen LogP) is 0.580. The molecule has 0 saturated carbocycles. The first-order valence-corrected chi connectivity index (χ1v) is 5.01. The van der Waals surface area contributed by atoms with E-state index in [-0.39, 0.29) is 11.5 Å². The molecule has 0 atom stereocenters. The van der Waals surface area contributed by atoms with E-state index < -0.39 is 12.6 Å². The summed E-state index contributed by atoms with van der Waals surface area (Å²) in [5, 5.41) is 10.3. The van der Waals surface area contributed by atoms with Crippen molar-refractivity contribution in [3.63, 3.8) is 0 Å². The first-order chi connectivity index (χ1) is 7.54. The van der Waals surface area contributed by atoms with Crippen LogP contribution in [0.5, 0.6) is 5.75 Å². The van der Waals surface area contributed by atoms with Crippen molar-refractivity contribution in [3.05, 3.63) is 29.3 Å². The normalized spacial score (nSPS) is 9.88. The highest BCUT2D eigenvalue weighted by molar-refractivity contribution is 5.97. The summed E-state index contributed by atoms with van der Waals surface area (Å²) in [6, 6.07) is 5.13. The van der Waals surface area contributed by atoms with E-state index in [0.717, 1.165) is 12.0 Å². The van der Waals surface area contributed by atoms with Crippen LogP contribution in [0.15, 0.2) is 18.2 Å². The molecule has 16 heavy (non-hydrogen) atoms. The second kappa shape index (κ2) is 5.30. The third-order valence-corrected chi connectivity index (χ3v) is 2.18. The van der Waals surface area contributed by atoms with Gasteiger partial charge in [0.1, 0.15) is 12.4 Å². The molecule has 0 aliphatic rings. The lowest BCUT2D eigenvalue weighted by atomic mass is 10.1. The molecule has 0 aliphatic heterocycles. The zero-order valence-electron chi connectivity index (χ0n) is 9.28. The molecule has 1 aromatic carbocycles. The number of ether oxygens (including phenoxy) is 1. The maximum Gasteiger partial charge on any atom is 0.163 e. The fourth-order valence-corrected chi connectivity index (χ4v) is 1.33. The number of carbonyl (C=O) groups excluding carboxylic acids is 2. The Morgan fingerprint density at radius 2 is 2.06 bits per heavy atom. The summed E-state index contributed by atoms with van der Waals surface area (Å²) in [6.07, 6.45) is 0.807. The Morgan fingerprint density at radius 1 is 1.38 bits per heavy atom. The Balaban J connectivity index is 2.98. The number of Topliss-reactive ketones (excluding diaryl/α,β-unsaturated/α-hetero) is 1. The second-order valence-electron chi connectivity index (χ2n) is 3.40. The van der Waals surface area contributed by atoms with Gasteiger partial charge in [0.25, 0.3) is 0 Å². The summed E-state index contributed by atoms with van der Waals surface area (Å²) in [6.45, 7) is 2.84. The van der Waals surface area contributed by atoms with Gasteiger partial charge in [-0.15, -0.1) is 0 Å². The largest absolute Gasteiger partial charge is 0.546 e. The monoisotopic (exact) mass is 221 g/mol. The van der Waals surface area contributed by atoms with Gasteiger partial charge in [-0.05, 0) is 31.0 Å². The van der Waals surface area contributed by atoms with Crippen molar-refractivity contribution in [1.82, 2.24) is 0 Å². The van der Waals surface area contributed by atoms with Gasteiger partial charge in [-0.1, -0.05) is 13.0 Å². The van der Waals surface area contributed by atoms with E-state index in [1.54, 1.807) is 18.2 Å². The first kappa shape index (κ1) is 12.2. The Hall–Kier alpha value is -1.84. The highest BCUT2D eigenvalue weighted by atomic mass is 16.5. The Bertz CT molecular complexity index is 409. The van der Waals surface area contributed by atoms with Crippen molar-refractivity contribution in [2.45, 2.75) is 20.3 Å². The van der Waals surface area contributed by atoms with Crippen molar-refractivity contribution in [2.24, 2.45) is 0 Å². The number of carboxylic acid groups (broad SMARTS) is 1. The quantitative estimate of drug-likeness (QED) is 0.682. The number of aliphatic carboxylic acids is 1. The minimum Gasteiger partial charge on any atom is -0.546 e. The maximum absolute atomic E-state index is 11.3. The molecule has 4 nitrogen and oxygen atoms in total. The van der Waals surface area contributed by atoms with Crippen LogP contribution >= 0.6 is 0 Å². The zero-order chi connectivity index (χ0) is 12.1. The van der Waals surface area contributed by atoms with Gasteiger partial charge < -0.3 is 14.6 Å². The van der Waals surface area contributed by atoms with Crippen LogP contribution in [0, 0.1) is 0 Å². The highest BCUT2D eigenvalue weighted by Crippen LogP contribution is 2.21. The van der Waals surface area contributed by atoms with Crippen LogP contribution < -0.4 is 9.84 Å². The van der Waals surface area contributed by atoms with Crippen LogP contribution in [-0.2, 0) is 11.2 Å². The van der Waals surface area contributed by atoms with E-state index >= 15 is 0 Å². The number of ketones is 1. The summed E-state index contributed by atoms with van der Waals surface area (Å²) < 4.78 is 4.98. The lowest BCUT2D eigenvalue weighted by Crippen LogP contribution is -2.29. The van der Waals surface area contributed by atoms with E-state index in [4.69, 9.17) is 4.74 Å². The number of carboxylic acids is 1. The van der Waals surface area contributed by atoms with E-state index in [1.807, 2.05) is 6.92 Å². The van der Waals surface area contributed by atoms with E-state index in [2.05, 4.69) is 0 Å². The van der Waals surface area contributed by atoms with E-state index in [9.17, 15) is 14.7 Å². The van der Waals surface area contributed by atoms with Crippen molar-refractivity contribution < 1.29 is 19.4 Å². The molecule has 0 spiro atoms. The van der Waals surface area contributed by atoms with Crippen molar-refractivity contribution in [3.8, 4) is 5.75 Å². The average Bonchev–Trinajstić information content (AvgIpc) is 2.25. The molecule has 4 heteroatoms. The lowest BCUT2D eigenvalue weighted by molar-refractivity contribution is -0.307. The third kappa shape index (κ3) is 3.08. The Labute approximate surface area is 93.9 Å². The van der Waals surface area contributed by atoms with Crippen LogP contribution in [0.1, 0.15) is 29.8 Å². The second-order valence-corrected chi connectivity index (χ2v) is 3.40. The van der Waals surface area contributed by atoms with Gasteiger partial charge in [-0.2, -0.15) is 0 Å². The van der Waals surface area contributed by atoms with E-state index in [0.29, 0.717) is 5.56 Å². The van der Waals surface area contributed by atoms with Gasteiger partial charge in [-0.25, -0.2) is 0 Å². The van der Waals surface area contributed by atoms with Gasteiger partial charge in [-0.3, -0.25) is 4.79 Å². The molecule has 0 unspecified atom stereocenters. The van der Waals surface area contributed by atoms with Crippen molar-refractivity contribution in [1.29, 1.82) is 0 Å². The standard InChI is InChI=1S/C12H14O4/c1-3-9-4-5-11(16-7-12(14)15)10(6-9)8(2)13/h4-6H,3,7H2,1-2H3,(H,14,15)/p-1. The van der Waals surface area contributed by atoms with Gasteiger partial charge >= 0.3 is 0 Å². The molecule has 0 heterocycles. The average molecular weight is 221 g/mol. The van der Waals surface area contributed by atoms with Crippen LogP contribution in [0.4, 0.5) is 0 Å². The number of hydrogen-bond donors (Lipinski definition) is 0. The van der Waals surface area contributed by atoms with Crippen molar-refractivity contribution in [2.75, 3.05) is 6.61 Å².